The van der Waals surface area contributed by atoms with Gasteiger partial charge in [0.2, 0.25) is 0 Å². The van der Waals surface area contributed by atoms with Crippen LogP contribution in [-0.2, 0) is 0 Å². The van der Waals surface area contributed by atoms with Crippen molar-refractivity contribution in [1.29, 1.82) is 5.26 Å². The molecule has 1 aromatic carbocycles. The lowest BCUT2D eigenvalue weighted by Crippen LogP contribution is -2.09. The molecule has 0 amide bonds. The molecule has 0 unspecified atom stereocenters. The number of nitriles is 1. The number of nitrogens with two attached hydrogens (primary N) is 1. The van der Waals surface area contributed by atoms with Gasteiger partial charge in [-0.25, -0.2) is 0 Å². The Morgan fingerprint density at radius 3 is 2.88 bits per heavy atom. The van der Waals surface area contributed by atoms with Gasteiger partial charge in [0.05, 0.1) is 12.2 Å². The Balaban J connectivity index is 3.24. The molecular weight excluding hydrogens is 300 g/mol. The van der Waals surface area contributed by atoms with Crippen LogP contribution in [0, 0.1) is 11.3 Å². The van der Waals surface area contributed by atoms with E-state index >= 15 is 0 Å². The van der Waals surface area contributed by atoms with E-state index in [0.29, 0.717) is 12.4 Å². The van der Waals surface area contributed by atoms with E-state index < -0.39 is 0 Å². The summed E-state index contributed by atoms with van der Waals surface area (Å²) in [6, 6.07) is 7.51. The van der Waals surface area contributed by atoms with Crippen LogP contribution in [-0.4, -0.2) is 11.6 Å². The summed E-state index contributed by atoms with van der Waals surface area (Å²) in [6.45, 7) is 2.45. The van der Waals surface area contributed by atoms with E-state index in [1.54, 1.807) is 6.08 Å². The number of hydrogen-bond acceptors (Lipinski definition) is 3. The Morgan fingerprint density at radius 1 is 1.65 bits per heavy atom. The highest BCUT2D eigenvalue weighted by Gasteiger charge is 2.05. The molecule has 2 N–H and O–H groups in total. The quantitative estimate of drug-likeness (QED) is 0.527. The fraction of sp³-hybridized carbons (Fsp3) is 0.167. The normalized spacial score (nSPS) is 10.8. The molecule has 0 heterocycles. The highest BCUT2D eigenvalue weighted by atomic mass is 79.9. The van der Waals surface area contributed by atoms with Crippen molar-refractivity contribution in [3.63, 3.8) is 0 Å². The maximum atomic E-state index is 8.91. The van der Waals surface area contributed by atoms with Gasteiger partial charge in [0.1, 0.15) is 16.8 Å². The summed E-state index contributed by atoms with van der Waals surface area (Å²) in [5.74, 6) is 0.694. The van der Waals surface area contributed by atoms with Crippen molar-refractivity contribution in [2.45, 2.75) is 6.92 Å². The Morgan fingerprint density at radius 2 is 2.35 bits per heavy atom. The van der Waals surface area contributed by atoms with Gasteiger partial charge >= 0.3 is 0 Å². The minimum Gasteiger partial charge on any atom is -0.493 e. The SMILES string of the molecule is CCOc1ccc(Br)cc1/C=C(\C#N)C(N)=S. The first-order valence-electron chi connectivity index (χ1n) is 4.92. The summed E-state index contributed by atoms with van der Waals surface area (Å²) < 4.78 is 6.35. The van der Waals surface area contributed by atoms with Crippen LogP contribution in [0.4, 0.5) is 0 Å². The van der Waals surface area contributed by atoms with Crippen LogP contribution in [0.1, 0.15) is 12.5 Å². The molecule has 1 aromatic rings. The summed E-state index contributed by atoms with van der Waals surface area (Å²) in [6.07, 6.45) is 1.62. The lowest BCUT2D eigenvalue weighted by atomic mass is 10.1. The number of benzene rings is 1. The molecule has 0 bridgehead atoms. The van der Waals surface area contributed by atoms with Crippen molar-refractivity contribution in [3.05, 3.63) is 33.8 Å². The number of rotatable bonds is 4. The van der Waals surface area contributed by atoms with Crippen molar-refractivity contribution >= 4 is 39.2 Å². The molecule has 0 atom stereocenters. The average molecular weight is 311 g/mol. The maximum Gasteiger partial charge on any atom is 0.126 e. The van der Waals surface area contributed by atoms with Crippen molar-refractivity contribution in [2.75, 3.05) is 6.61 Å². The predicted molar refractivity (Wildman–Crippen MR) is 75.7 cm³/mol. The molecule has 0 fully saturated rings. The average Bonchev–Trinajstić information content (AvgIpc) is 2.29. The Labute approximate surface area is 114 Å². The number of hydrogen-bond donors (Lipinski definition) is 1. The first kappa shape index (κ1) is 13.7. The second-order valence-corrected chi connectivity index (χ2v) is 4.50. The molecule has 17 heavy (non-hydrogen) atoms. The zero-order valence-corrected chi connectivity index (χ0v) is 11.6. The smallest absolute Gasteiger partial charge is 0.126 e. The minimum atomic E-state index is 0.0786. The monoisotopic (exact) mass is 310 g/mol. The summed E-state index contributed by atoms with van der Waals surface area (Å²) in [5.41, 5.74) is 6.48. The molecule has 0 radical (unpaired) electrons. The van der Waals surface area contributed by atoms with Crippen molar-refractivity contribution in [2.24, 2.45) is 5.73 Å². The first-order chi connectivity index (χ1) is 8.08. The molecule has 0 spiro atoms. The molecule has 5 heteroatoms. The molecule has 0 aliphatic heterocycles. The number of thiocarbonyl (C=S) groups is 1. The van der Waals surface area contributed by atoms with Crippen LogP contribution < -0.4 is 10.5 Å². The van der Waals surface area contributed by atoms with E-state index in [9.17, 15) is 0 Å². The van der Waals surface area contributed by atoms with Gasteiger partial charge in [0, 0.05) is 10.0 Å². The predicted octanol–water partition coefficient (Wildman–Crippen LogP) is 3.04. The highest BCUT2D eigenvalue weighted by molar-refractivity contribution is 9.10. The fourth-order valence-electron chi connectivity index (χ4n) is 1.23. The molecular formula is C12H11BrN2OS. The van der Waals surface area contributed by atoms with E-state index in [-0.39, 0.29) is 10.6 Å². The number of nitrogens with zero attached hydrogens (tertiary/aromatic N) is 1. The van der Waals surface area contributed by atoms with Crippen LogP contribution in [0.15, 0.2) is 28.2 Å². The topological polar surface area (TPSA) is 59.0 Å². The molecule has 3 nitrogen and oxygen atoms in total. The Kier molecular flexibility index (Phi) is 5.13. The molecule has 0 aromatic heterocycles. The zero-order chi connectivity index (χ0) is 12.8. The van der Waals surface area contributed by atoms with Gasteiger partial charge in [0.15, 0.2) is 0 Å². The second-order valence-electron chi connectivity index (χ2n) is 3.15. The number of ether oxygens (including phenoxy) is 1. The zero-order valence-electron chi connectivity index (χ0n) is 9.24. The summed E-state index contributed by atoms with van der Waals surface area (Å²) in [7, 11) is 0. The van der Waals surface area contributed by atoms with Crippen molar-refractivity contribution in [3.8, 4) is 11.8 Å². The summed E-state index contributed by atoms with van der Waals surface area (Å²) in [5, 5.41) is 8.91. The van der Waals surface area contributed by atoms with Gasteiger partial charge in [-0.05, 0) is 31.2 Å². The molecule has 1 rings (SSSR count). The van der Waals surface area contributed by atoms with Crippen LogP contribution in [0.3, 0.4) is 0 Å². The largest absolute Gasteiger partial charge is 0.493 e. The lowest BCUT2D eigenvalue weighted by molar-refractivity contribution is 0.339. The fourth-order valence-corrected chi connectivity index (χ4v) is 1.72. The Hall–Kier alpha value is -1.38. The van der Waals surface area contributed by atoms with Crippen molar-refractivity contribution < 1.29 is 4.74 Å². The Bertz CT molecular complexity index is 506. The highest BCUT2D eigenvalue weighted by Crippen LogP contribution is 2.25. The van der Waals surface area contributed by atoms with Gasteiger partial charge in [0.25, 0.3) is 0 Å². The van der Waals surface area contributed by atoms with E-state index in [0.717, 1.165) is 10.0 Å². The second kappa shape index (κ2) is 6.38. The third-order valence-electron chi connectivity index (χ3n) is 1.96. The van der Waals surface area contributed by atoms with Crippen LogP contribution >= 0.6 is 28.1 Å². The molecule has 0 aliphatic rings. The summed E-state index contributed by atoms with van der Waals surface area (Å²) >= 11 is 8.15. The lowest BCUT2D eigenvalue weighted by Gasteiger charge is -2.08. The van der Waals surface area contributed by atoms with Gasteiger partial charge in [-0.2, -0.15) is 5.26 Å². The van der Waals surface area contributed by atoms with E-state index in [1.807, 2.05) is 31.2 Å². The number of halogens is 1. The maximum absolute atomic E-state index is 8.91. The summed E-state index contributed by atoms with van der Waals surface area (Å²) in [4.78, 5) is 0.0786. The van der Waals surface area contributed by atoms with Crippen LogP contribution in [0.2, 0.25) is 0 Å². The standard InChI is InChI=1S/C12H11BrN2OS/c1-2-16-11-4-3-10(13)6-8(11)5-9(7-14)12(15)17/h3-6H,2H2,1H3,(H2,15,17)/b9-5+. The minimum absolute atomic E-state index is 0.0786. The van der Waals surface area contributed by atoms with Crippen LogP contribution in [0.25, 0.3) is 6.08 Å². The molecule has 0 saturated carbocycles. The third kappa shape index (κ3) is 3.84. The van der Waals surface area contributed by atoms with Gasteiger partial charge < -0.3 is 10.5 Å². The first-order valence-corrected chi connectivity index (χ1v) is 6.12. The van der Waals surface area contributed by atoms with Gasteiger partial charge in [-0.3, -0.25) is 0 Å². The molecule has 0 saturated heterocycles. The van der Waals surface area contributed by atoms with E-state index in [2.05, 4.69) is 15.9 Å². The molecule has 88 valence electrons. The molecule has 0 aliphatic carbocycles. The van der Waals surface area contributed by atoms with E-state index in [4.69, 9.17) is 28.0 Å². The van der Waals surface area contributed by atoms with Gasteiger partial charge in [-0.1, -0.05) is 28.1 Å². The third-order valence-corrected chi connectivity index (χ3v) is 2.67. The van der Waals surface area contributed by atoms with Crippen LogP contribution in [0.5, 0.6) is 5.75 Å². The van der Waals surface area contributed by atoms with E-state index in [1.165, 1.54) is 0 Å². The van der Waals surface area contributed by atoms with Crippen molar-refractivity contribution in [1.82, 2.24) is 0 Å². The van der Waals surface area contributed by atoms with Gasteiger partial charge in [-0.15, -0.1) is 0 Å².